The van der Waals surface area contributed by atoms with E-state index in [0.29, 0.717) is 29.8 Å². The van der Waals surface area contributed by atoms with E-state index in [0.717, 1.165) is 12.1 Å². The number of ether oxygens (including phenoxy) is 2. The molecule has 0 radical (unpaired) electrons. The first-order valence-electron chi connectivity index (χ1n) is 6.93. The van der Waals surface area contributed by atoms with Crippen molar-refractivity contribution in [3.05, 3.63) is 33.8 Å². The molecule has 0 saturated heterocycles. The lowest BCUT2D eigenvalue weighted by atomic mass is 10.0. The van der Waals surface area contributed by atoms with Gasteiger partial charge in [0.25, 0.3) is 0 Å². The Morgan fingerprint density at radius 1 is 1.24 bits per heavy atom. The van der Waals surface area contributed by atoms with Crippen LogP contribution in [0.25, 0.3) is 0 Å². The largest absolute Gasteiger partial charge is 0.383 e. The summed E-state index contributed by atoms with van der Waals surface area (Å²) in [7, 11) is 3.37. The third kappa shape index (κ3) is 5.40. The third-order valence-corrected chi connectivity index (χ3v) is 4.05. The number of methoxy groups -OCH3 is 2. The van der Waals surface area contributed by atoms with Gasteiger partial charge in [0.05, 0.1) is 13.2 Å². The normalized spacial score (nSPS) is 14.4. The molecule has 0 spiro atoms. The Balaban J connectivity index is 3.07. The standard InChI is InChI=1S/C15H24Cl2N2O2/c1-11(10-21-3)19(6-7-20-2)15(9-18)13-8-12(16)4-5-14(13)17/h4-5,8,11,15H,6-7,9-10,18H2,1-3H3. The molecule has 1 aromatic carbocycles. The second kappa shape index (κ2) is 9.62. The average molecular weight is 335 g/mol. The summed E-state index contributed by atoms with van der Waals surface area (Å²) < 4.78 is 10.5. The van der Waals surface area contributed by atoms with Crippen LogP contribution in [0.2, 0.25) is 10.0 Å². The summed E-state index contributed by atoms with van der Waals surface area (Å²) >= 11 is 12.4. The molecule has 2 atom stereocenters. The van der Waals surface area contributed by atoms with E-state index < -0.39 is 0 Å². The quantitative estimate of drug-likeness (QED) is 0.754. The minimum absolute atomic E-state index is 0.0310. The number of benzene rings is 1. The molecule has 0 aromatic heterocycles. The van der Waals surface area contributed by atoms with Crippen LogP contribution in [0.3, 0.4) is 0 Å². The van der Waals surface area contributed by atoms with Gasteiger partial charge in [0, 0.05) is 49.4 Å². The van der Waals surface area contributed by atoms with Crippen molar-refractivity contribution in [3.63, 3.8) is 0 Å². The van der Waals surface area contributed by atoms with E-state index >= 15 is 0 Å². The van der Waals surface area contributed by atoms with Gasteiger partial charge in [0.1, 0.15) is 0 Å². The molecular weight excluding hydrogens is 311 g/mol. The van der Waals surface area contributed by atoms with E-state index in [2.05, 4.69) is 11.8 Å². The molecule has 2 unspecified atom stereocenters. The minimum Gasteiger partial charge on any atom is -0.383 e. The van der Waals surface area contributed by atoms with Crippen molar-refractivity contribution in [3.8, 4) is 0 Å². The van der Waals surface area contributed by atoms with Gasteiger partial charge in [0.15, 0.2) is 0 Å². The number of nitrogens with two attached hydrogens (primary N) is 1. The Bertz CT molecular complexity index is 432. The first-order valence-corrected chi connectivity index (χ1v) is 7.69. The molecule has 2 N–H and O–H groups in total. The second-order valence-corrected chi connectivity index (χ2v) is 5.80. The van der Waals surface area contributed by atoms with Crippen molar-refractivity contribution in [2.45, 2.75) is 19.0 Å². The SMILES string of the molecule is COCCN(C(C)COC)C(CN)c1cc(Cl)ccc1Cl. The number of rotatable bonds is 9. The monoisotopic (exact) mass is 334 g/mol. The number of hydrogen-bond acceptors (Lipinski definition) is 4. The summed E-state index contributed by atoms with van der Waals surface area (Å²) in [4.78, 5) is 2.24. The fourth-order valence-electron chi connectivity index (χ4n) is 2.43. The van der Waals surface area contributed by atoms with Crippen LogP contribution in [0.5, 0.6) is 0 Å². The van der Waals surface area contributed by atoms with E-state index in [9.17, 15) is 0 Å². The molecule has 0 aliphatic carbocycles. The Labute approximate surface area is 137 Å². The van der Waals surface area contributed by atoms with Gasteiger partial charge in [-0.2, -0.15) is 0 Å². The van der Waals surface area contributed by atoms with Crippen molar-refractivity contribution in [1.82, 2.24) is 4.90 Å². The third-order valence-electron chi connectivity index (χ3n) is 3.47. The van der Waals surface area contributed by atoms with Gasteiger partial charge in [0.2, 0.25) is 0 Å². The van der Waals surface area contributed by atoms with Crippen LogP contribution in [0.1, 0.15) is 18.5 Å². The predicted octanol–water partition coefficient (Wildman–Crippen LogP) is 2.98. The van der Waals surface area contributed by atoms with Crippen LogP contribution >= 0.6 is 23.2 Å². The van der Waals surface area contributed by atoms with Crippen molar-refractivity contribution in [1.29, 1.82) is 0 Å². The molecule has 1 aromatic rings. The lowest BCUT2D eigenvalue weighted by molar-refractivity contribution is 0.0487. The molecule has 21 heavy (non-hydrogen) atoms. The van der Waals surface area contributed by atoms with Crippen LogP contribution in [0.15, 0.2) is 18.2 Å². The highest BCUT2D eigenvalue weighted by Crippen LogP contribution is 2.30. The number of hydrogen-bond donors (Lipinski definition) is 1. The van der Waals surface area contributed by atoms with E-state index in [1.807, 2.05) is 6.07 Å². The van der Waals surface area contributed by atoms with E-state index in [1.54, 1.807) is 26.4 Å². The summed E-state index contributed by atoms with van der Waals surface area (Å²) in [5, 5.41) is 1.32. The molecule has 0 heterocycles. The number of halogens is 2. The molecule has 0 saturated carbocycles. The zero-order valence-corrected chi connectivity index (χ0v) is 14.3. The van der Waals surface area contributed by atoms with Crippen LogP contribution in [0.4, 0.5) is 0 Å². The van der Waals surface area contributed by atoms with Crippen LogP contribution in [-0.2, 0) is 9.47 Å². The maximum absolute atomic E-state index is 6.33. The maximum Gasteiger partial charge on any atom is 0.0615 e. The number of nitrogens with zero attached hydrogens (tertiary/aromatic N) is 1. The summed E-state index contributed by atoms with van der Waals surface area (Å²) in [6.45, 7) is 4.50. The van der Waals surface area contributed by atoms with E-state index in [4.69, 9.17) is 38.4 Å². The van der Waals surface area contributed by atoms with E-state index in [-0.39, 0.29) is 12.1 Å². The Morgan fingerprint density at radius 3 is 2.52 bits per heavy atom. The molecule has 1 rings (SSSR count). The highest BCUT2D eigenvalue weighted by molar-refractivity contribution is 6.33. The zero-order valence-electron chi connectivity index (χ0n) is 12.8. The molecule has 4 nitrogen and oxygen atoms in total. The van der Waals surface area contributed by atoms with Crippen LogP contribution in [-0.4, -0.2) is 51.5 Å². The average Bonchev–Trinajstić information content (AvgIpc) is 2.46. The van der Waals surface area contributed by atoms with Gasteiger partial charge in [-0.25, -0.2) is 0 Å². The highest BCUT2D eigenvalue weighted by Gasteiger charge is 2.25. The molecule has 0 aliphatic heterocycles. The molecule has 6 heteroatoms. The summed E-state index contributed by atoms with van der Waals surface area (Å²) in [5.41, 5.74) is 6.94. The van der Waals surface area contributed by atoms with Gasteiger partial charge in [-0.05, 0) is 30.7 Å². The van der Waals surface area contributed by atoms with E-state index in [1.165, 1.54) is 0 Å². The topological polar surface area (TPSA) is 47.7 Å². The summed E-state index contributed by atoms with van der Waals surface area (Å²) in [6, 6.07) is 5.61. The fraction of sp³-hybridized carbons (Fsp3) is 0.600. The zero-order chi connectivity index (χ0) is 15.8. The highest BCUT2D eigenvalue weighted by atomic mass is 35.5. The Hall–Kier alpha value is -0.360. The lowest BCUT2D eigenvalue weighted by Gasteiger charge is -2.36. The smallest absolute Gasteiger partial charge is 0.0615 e. The Kier molecular flexibility index (Phi) is 8.56. The van der Waals surface area contributed by atoms with Gasteiger partial charge < -0.3 is 15.2 Å². The van der Waals surface area contributed by atoms with Gasteiger partial charge in [-0.3, -0.25) is 4.90 Å². The summed E-state index contributed by atoms with van der Waals surface area (Å²) in [6.07, 6.45) is 0. The molecule has 120 valence electrons. The van der Waals surface area contributed by atoms with Crippen molar-refractivity contribution in [2.24, 2.45) is 5.73 Å². The van der Waals surface area contributed by atoms with Crippen molar-refractivity contribution < 1.29 is 9.47 Å². The van der Waals surface area contributed by atoms with Crippen LogP contribution < -0.4 is 5.73 Å². The minimum atomic E-state index is -0.0310. The molecule has 0 fully saturated rings. The fourth-order valence-corrected chi connectivity index (χ4v) is 2.85. The lowest BCUT2D eigenvalue weighted by Crippen LogP contribution is -2.44. The van der Waals surface area contributed by atoms with Gasteiger partial charge in [-0.1, -0.05) is 23.2 Å². The molecule has 0 bridgehead atoms. The molecular formula is C15H24Cl2N2O2. The van der Waals surface area contributed by atoms with Crippen molar-refractivity contribution in [2.75, 3.05) is 40.5 Å². The molecule has 0 amide bonds. The second-order valence-electron chi connectivity index (χ2n) is 4.95. The van der Waals surface area contributed by atoms with Crippen LogP contribution in [0, 0.1) is 0 Å². The molecule has 0 aliphatic rings. The summed E-state index contributed by atoms with van der Waals surface area (Å²) in [5.74, 6) is 0. The first kappa shape index (κ1) is 18.7. The predicted molar refractivity (Wildman–Crippen MR) is 88.2 cm³/mol. The maximum atomic E-state index is 6.33. The van der Waals surface area contributed by atoms with Gasteiger partial charge >= 0.3 is 0 Å². The van der Waals surface area contributed by atoms with Gasteiger partial charge in [-0.15, -0.1) is 0 Å². The first-order chi connectivity index (χ1) is 10.0. The Morgan fingerprint density at radius 2 is 1.95 bits per heavy atom. The van der Waals surface area contributed by atoms with Crippen molar-refractivity contribution >= 4 is 23.2 Å².